The highest BCUT2D eigenvalue weighted by atomic mass is 16.2. The minimum Gasteiger partial charge on any atom is -0.354 e. The van der Waals surface area contributed by atoms with Crippen molar-refractivity contribution in [3.05, 3.63) is 107 Å². The minimum atomic E-state index is -0.795. The van der Waals surface area contributed by atoms with Crippen LogP contribution in [0, 0.1) is 17.8 Å². The van der Waals surface area contributed by atoms with Gasteiger partial charge in [0.15, 0.2) is 0 Å². The number of unbranched alkanes of at least 4 members (excludes halogenated alkanes) is 11. The van der Waals surface area contributed by atoms with Gasteiger partial charge in [-0.25, -0.2) is 0 Å². The number of likely N-dealkylation sites (tertiary alicyclic amines) is 1. The van der Waals surface area contributed by atoms with Gasteiger partial charge < -0.3 is 30.7 Å². The number of rotatable bonds is 24. The van der Waals surface area contributed by atoms with Crippen LogP contribution in [-0.4, -0.2) is 108 Å². The van der Waals surface area contributed by atoms with Crippen molar-refractivity contribution in [3.8, 4) is 0 Å². The molecule has 3 aromatic carbocycles. The number of amides is 6. The number of piperazine rings is 1. The molecule has 2 aliphatic heterocycles. The van der Waals surface area contributed by atoms with Crippen LogP contribution in [0.4, 0.5) is 0 Å². The fourth-order valence-electron chi connectivity index (χ4n) is 10.3. The molecule has 0 aromatic heterocycles. The Bertz CT molecular complexity index is 2070. The van der Waals surface area contributed by atoms with Crippen LogP contribution in [0.3, 0.4) is 0 Å². The van der Waals surface area contributed by atoms with Gasteiger partial charge in [-0.3, -0.25) is 28.8 Å². The number of hydrogen-bond acceptors (Lipinski definition) is 6. The minimum absolute atomic E-state index is 0.0217. The zero-order valence-corrected chi connectivity index (χ0v) is 40.8. The molecule has 4 aliphatic rings. The molecule has 3 N–H and O–H groups in total. The molecule has 7 atom stereocenters. The van der Waals surface area contributed by atoms with Gasteiger partial charge in [0.05, 0.1) is 18.4 Å². The molecule has 2 saturated carbocycles. The van der Waals surface area contributed by atoms with Crippen molar-refractivity contribution in [1.29, 1.82) is 0 Å². The molecule has 2 saturated heterocycles. The molecule has 3 aromatic rings. The van der Waals surface area contributed by atoms with Gasteiger partial charge in [-0.1, -0.05) is 152 Å². The van der Waals surface area contributed by atoms with E-state index in [1.807, 2.05) is 50.2 Å². The van der Waals surface area contributed by atoms with Crippen molar-refractivity contribution in [2.45, 2.75) is 147 Å². The van der Waals surface area contributed by atoms with Crippen LogP contribution in [0.15, 0.2) is 84.9 Å². The molecule has 0 bridgehead atoms. The van der Waals surface area contributed by atoms with Gasteiger partial charge in [-0.2, -0.15) is 0 Å². The largest absolute Gasteiger partial charge is 0.354 e. The zero-order chi connectivity index (χ0) is 48.0. The number of carbonyl (C=O) groups is 6. The summed E-state index contributed by atoms with van der Waals surface area (Å²) in [6.07, 6.45) is 16.7. The molecule has 0 spiro atoms. The van der Waals surface area contributed by atoms with Gasteiger partial charge in [-0.15, -0.1) is 0 Å². The van der Waals surface area contributed by atoms with Crippen LogP contribution in [0.5, 0.6) is 0 Å². The summed E-state index contributed by atoms with van der Waals surface area (Å²) < 4.78 is 0. The average Bonchev–Trinajstić information content (AvgIpc) is 4.26. The summed E-state index contributed by atoms with van der Waals surface area (Å²) in [4.78, 5) is 88.0. The molecule has 2 heterocycles. The molecule has 6 amide bonds. The fraction of sp³-hybridized carbons (Fsp3) is 0.571. The third kappa shape index (κ3) is 13.8. The Kier molecular flexibility index (Phi) is 18.3. The van der Waals surface area contributed by atoms with Crippen molar-refractivity contribution in [1.82, 2.24) is 30.7 Å². The van der Waals surface area contributed by atoms with Crippen molar-refractivity contribution in [2.24, 2.45) is 17.8 Å². The van der Waals surface area contributed by atoms with E-state index in [1.165, 1.54) is 68.9 Å². The van der Waals surface area contributed by atoms with E-state index in [-0.39, 0.29) is 98.0 Å². The van der Waals surface area contributed by atoms with E-state index < -0.39 is 17.9 Å². The monoisotopic (exact) mass is 929 g/mol. The first-order valence-electron chi connectivity index (χ1n) is 26.0. The van der Waals surface area contributed by atoms with Gasteiger partial charge in [0.2, 0.25) is 23.6 Å². The number of carbonyl (C=O) groups excluding carboxylic acids is 6. The summed E-state index contributed by atoms with van der Waals surface area (Å²) in [7, 11) is 0. The maximum absolute atomic E-state index is 14.1. The van der Waals surface area contributed by atoms with Gasteiger partial charge in [0, 0.05) is 74.2 Å². The van der Waals surface area contributed by atoms with E-state index in [1.54, 1.807) is 39.0 Å². The van der Waals surface area contributed by atoms with Gasteiger partial charge in [0.25, 0.3) is 11.8 Å². The molecule has 12 heteroatoms. The van der Waals surface area contributed by atoms with Gasteiger partial charge in [0.1, 0.15) is 6.04 Å². The van der Waals surface area contributed by atoms with Crippen molar-refractivity contribution in [2.75, 3.05) is 39.3 Å². The van der Waals surface area contributed by atoms with Crippen molar-refractivity contribution in [3.63, 3.8) is 0 Å². The molecule has 4 fully saturated rings. The summed E-state index contributed by atoms with van der Waals surface area (Å²) >= 11 is 0. The lowest BCUT2D eigenvalue weighted by atomic mass is 9.94. The highest BCUT2D eigenvalue weighted by molar-refractivity contribution is 6.00. The van der Waals surface area contributed by atoms with Crippen LogP contribution in [-0.2, 0) is 19.2 Å². The maximum atomic E-state index is 14.1. The van der Waals surface area contributed by atoms with Crippen molar-refractivity contribution < 1.29 is 28.8 Å². The van der Waals surface area contributed by atoms with Gasteiger partial charge in [-0.05, 0) is 60.6 Å². The average molecular weight is 929 g/mol. The van der Waals surface area contributed by atoms with Crippen LogP contribution >= 0.6 is 0 Å². The van der Waals surface area contributed by atoms with E-state index in [0.717, 1.165) is 32.1 Å². The quantitative estimate of drug-likeness (QED) is 0.0772. The second kappa shape index (κ2) is 24.7. The maximum Gasteiger partial charge on any atom is 0.253 e. The van der Waals surface area contributed by atoms with E-state index >= 15 is 0 Å². The highest BCUT2D eigenvalue weighted by Crippen LogP contribution is 2.43. The Hall–Kier alpha value is -5.52. The fourth-order valence-corrected chi connectivity index (χ4v) is 10.3. The predicted octanol–water partition coefficient (Wildman–Crippen LogP) is 8.24. The SMILES string of the molecule is CCCCCCCCCCCCCCNC(=O)[C@@H]1CN(C(=O)c2ccc(C(=O)N3C[C@@H](C(=O)N[C@H]4C[C@@H]4c4ccccc4)[C@H](C(=O)N[C@H]4C[C@@H]4c4ccccc4)C3)cc2)CCN1C(=O)CC(C)C. The summed E-state index contributed by atoms with van der Waals surface area (Å²) in [5.74, 6) is -2.23. The van der Waals surface area contributed by atoms with Crippen LogP contribution in [0.2, 0.25) is 0 Å². The lowest BCUT2D eigenvalue weighted by Gasteiger charge is -2.41. The smallest absolute Gasteiger partial charge is 0.253 e. The number of nitrogens with zero attached hydrogens (tertiary/aromatic N) is 3. The Morgan fingerprint density at radius 2 is 1.00 bits per heavy atom. The molecule has 366 valence electrons. The molecular weight excluding hydrogens is 853 g/mol. The van der Waals surface area contributed by atoms with Crippen LogP contribution in [0.25, 0.3) is 0 Å². The summed E-state index contributed by atoms with van der Waals surface area (Å²) in [6.45, 7) is 7.55. The molecular formula is C56H76N6O6. The van der Waals surface area contributed by atoms with Gasteiger partial charge >= 0.3 is 0 Å². The normalized spacial score (nSPS) is 23.0. The summed E-state index contributed by atoms with van der Waals surface area (Å²) in [5.41, 5.74) is 3.05. The summed E-state index contributed by atoms with van der Waals surface area (Å²) in [5, 5.41) is 9.46. The molecule has 0 unspecified atom stereocenters. The van der Waals surface area contributed by atoms with E-state index in [0.29, 0.717) is 24.1 Å². The van der Waals surface area contributed by atoms with Crippen LogP contribution in [0.1, 0.15) is 161 Å². The number of benzene rings is 3. The third-order valence-electron chi connectivity index (χ3n) is 14.6. The first kappa shape index (κ1) is 50.4. The second-order valence-corrected chi connectivity index (χ2v) is 20.4. The Morgan fingerprint density at radius 1 is 0.544 bits per heavy atom. The van der Waals surface area contributed by atoms with E-state index in [2.05, 4.69) is 47.1 Å². The molecule has 2 aliphatic carbocycles. The van der Waals surface area contributed by atoms with E-state index in [4.69, 9.17) is 0 Å². The zero-order valence-electron chi connectivity index (χ0n) is 40.8. The summed E-state index contributed by atoms with van der Waals surface area (Å²) in [6, 6.07) is 25.8. The Morgan fingerprint density at radius 3 is 1.47 bits per heavy atom. The molecule has 12 nitrogen and oxygen atoms in total. The Labute approximate surface area is 404 Å². The standard InChI is InChI=1S/C56H76N6O6/c1-4-5-6-7-8-9-10-11-12-13-14-21-30-57-54(66)50-38-60(31-32-62(50)51(63)33-39(2)3)55(67)42-26-28-43(29-27-42)56(68)61-36-46(52(64)58-48-34-44(48)40-22-17-15-18-23-40)47(37-61)53(65)59-49-35-45(49)41-24-19-16-20-25-41/h15-20,22-29,39,44-50H,4-14,21,30-38H2,1-3H3,(H,57,66)(H,58,64)(H,59,65)/t44-,45-,46-,47-,48+,49+,50+/m1/s1. The van der Waals surface area contributed by atoms with Crippen LogP contribution < -0.4 is 16.0 Å². The lowest BCUT2D eigenvalue weighted by Crippen LogP contribution is -2.61. The Balaban J connectivity index is 0.930. The lowest BCUT2D eigenvalue weighted by molar-refractivity contribution is -0.143. The predicted molar refractivity (Wildman–Crippen MR) is 266 cm³/mol. The van der Waals surface area contributed by atoms with Crippen molar-refractivity contribution >= 4 is 35.4 Å². The second-order valence-electron chi connectivity index (χ2n) is 20.4. The first-order valence-corrected chi connectivity index (χ1v) is 26.0. The third-order valence-corrected chi connectivity index (χ3v) is 14.6. The van der Waals surface area contributed by atoms with E-state index in [9.17, 15) is 28.8 Å². The number of hydrogen-bond donors (Lipinski definition) is 3. The molecule has 0 radical (unpaired) electrons. The first-order chi connectivity index (χ1) is 33.0. The number of nitrogens with one attached hydrogen (secondary N) is 3. The topological polar surface area (TPSA) is 148 Å². The molecule has 7 rings (SSSR count). The highest BCUT2D eigenvalue weighted by Gasteiger charge is 2.49. The molecule has 68 heavy (non-hydrogen) atoms.